The molecule has 1 saturated carbocycles. The molecule has 1 aliphatic carbocycles. The molecular formula is C19H36N2O2. The van der Waals surface area contributed by atoms with E-state index in [1.807, 2.05) is 25.7 Å². The van der Waals surface area contributed by atoms with E-state index in [1.54, 1.807) is 0 Å². The summed E-state index contributed by atoms with van der Waals surface area (Å²) in [5.41, 5.74) is -0.407. The second-order valence-corrected chi connectivity index (χ2v) is 8.25. The molecule has 134 valence electrons. The van der Waals surface area contributed by atoms with Crippen molar-refractivity contribution < 1.29 is 9.53 Å². The summed E-state index contributed by atoms with van der Waals surface area (Å²) in [6.07, 6.45) is 9.73. The number of nitrogens with zero attached hydrogens (tertiary/aromatic N) is 1. The SMILES string of the molecule is CCCCNC1CCCCC1C1CCCN1C(=O)OC(C)(C)C. The smallest absolute Gasteiger partial charge is 0.410 e. The molecule has 3 atom stereocenters. The summed E-state index contributed by atoms with van der Waals surface area (Å²) < 4.78 is 5.64. The van der Waals surface area contributed by atoms with Crippen molar-refractivity contribution in [2.75, 3.05) is 13.1 Å². The third kappa shape index (κ3) is 5.37. The van der Waals surface area contributed by atoms with Gasteiger partial charge in [0, 0.05) is 18.6 Å². The number of hydrogen-bond donors (Lipinski definition) is 1. The highest BCUT2D eigenvalue weighted by Crippen LogP contribution is 2.35. The van der Waals surface area contributed by atoms with Crippen molar-refractivity contribution in [3.05, 3.63) is 0 Å². The Morgan fingerprint density at radius 3 is 2.61 bits per heavy atom. The molecular weight excluding hydrogens is 288 g/mol. The lowest BCUT2D eigenvalue weighted by molar-refractivity contribution is 0.0133. The van der Waals surface area contributed by atoms with E-state index in [0.29, 0.717) is 18.0 Å². The number of ether oxygens (including phenoxy) is 1. The van der Waals surface area contributed by atoms with Gasteiger partial charge in [-0.05, 0) is 65.3 Å². The Kier molecular flexibility index (Phi) is 6.75. The first-order chi connectivity index (χ1) is 10.9. The molecule has 2 aliphatic rings. The molecule has 4 nitrogen and oxygen atoms in total. The van der Waals surface area contributed by atoms with Crippen LogP contribution in [0.25, 0.3) is 0 Å². The molecule has 1 aliphatic heterocycles. The minimum atomic E-state index is -0.407. The normalized spacial score (nSPS) is 28.9. The lowest BCUT2D eigenvalue weighted by Crippen LogP contribution is -2.50. The summed E-state index contributed by atoms with van der Waals surface area (Å²) in [7, 11) is 0. The van der Waals surface area contributed by atoms with Crippen molar-refractivity contribution in [3.63, 3.8) is 0 Å². The molecule has 23 heavy (non-hydrogen) atoms. The monoisotopic (exact) mass is 324 g/mol. The van der Waals surface area contributed by atoms with E-state index in [0.717, 1.165) is 25.9 Å². The number of hydrogen-bond acceptors (Lipinski definition) is 3. The lowest BCUT2D eigenvalue weighted by atomic mass is 9.79. The van der Waals surface area contributed by atoms with Crippen LogP contribution in [0.3, 0.4) is 0 Å². The van der Waals surface area contributed by atoms with E-state index < -0.39 is 5.60 Å². The third-order valence-corrected chi connectivity index (χ3v) is 5.18. The van der Waals surface area contributed by atoms with Crippen LogP contribution in [0.1, 0.15) is 79.1 Å². The average Bonchev–Trinajstić information content (AvgIpc) is 2.96. The minimum absolute atomic E-state index is 0.113. The average molecular weight is 325 g/mol. The van der Waals surface area contributed by atoms with E-state index in [1.165, 1.54) is 38.5 Å². The highest BCUT2D eigenvalue weighted by molar-refractivity contribution is 5.69. The van der Waals surface area contributed by atoms with Gasteiger partial charge in [0.05, 0.1) is 0 Å². The van der Waals surface area contributed by atoms with E-state index in [4.69, 9.17) is 4.74 Å². The van der Waals surface area contributed by atoms with Crippen LogP contribution in [-0.4, -0.2) is 41.8 Å². The van der Waals surface area contributed by atoms with Gasteiger partial charge >= 0.3 is 6.09 Å². The molecule has 0 bridgehead atoms. The topological polar surface area (TPSA) is 41.6 Å². The predicted octanol–water partition coefficient (Wildman–Crippen LogP) is 4.33. The van der Waals surface area contributed by atoms with Crippen LogP contribution in [0.4, 0.5) is 4.79 Å². The van der Waals surface area contributed by atoms with Crippen LogP contribution in [-0.2, 0) is 4.74 Å². The molecule has 1 amide bonds. The van der Waals surface area contributed by atoms with E-state index >= 15 is 0 Å². The van der Waals surface area contributed by atoms with Crippen molar-refractivity contribution in [2.45, 2.75) is 96.7 Å². The number of rotatable bonds is 5. The van der Waals surface area contributed by atoms with Gasteiger partial charge < -0.3 is 15.0 Å². The van der Waals surface area contributed by atoms with Gasteiger partial charge in [0.2, 0.25) is 0 Å². The molecule has 1 saturated heterocycles. The fourth-order valence-corrected chi connectivity index (χ4v) is 4.12. The Bertz CT molecular complexity index is 378. The summed E-state index contributed by atoms with van der Waals surface area (Å²) in [4.78, 5) is 14.6. The third-order valence-electron chi connectivity index (χ3n) is 5.18. The molecule has 0 aromatic heterocycles. The van der Waals surface area contributed by atoms with Crippen molar-refractivity contribution in [1.29, 1.82) is 0 Å². The quantitative estimate of drug-likeness (QED) is 0.765. The van der Waals surface area contributed by atoms with E-state index in [9.17, 15) is 4.79 Å². The molecule has 0 spiro atoms. The Labute approximate surface area is 142 Å². The molecule has 2 fully saturated rings. The highest BCUT2D eigenvalue weighted by Gasteiger charge is 2.40. The van der Waals surface area contributed by atoms with Gasteiger partial charge in [-0.25, -0.2) is 4.79 Å². The van der Waals surface area contributed by atoms with Gasteiger partial charge in [-0.1, -0.05) is 26.2 Å². The molecule has 0 aromatic carbocycles. The zero-order chi connectivity index (χ0) is 16.9. The standard InChI is InChI=1S/C19H36N2O2/c1-5-6-13-20-16-11-8-7-10-15(16)17-12-9-14-21(17)18(22)23-19(2,3)4/h15-17,20H,5-14H2,1-4H3. The van der Waals surface area contributed by atoms with Gasteiger partial charge in [-0.2, -0.15) is 0 Å². The molecule has 4 heteroatoms. The van der Waals surface area contributed by atoms with Crippen LogP contribution < -0.4 is 5.32 Å². The fourth-order valence-electron chi connectivity index (χ4n) is 4.12. The zero-order valence-corrected chi connectivity index (χ0v) is 15.6. The second kappa shape index (κ2) is 8.36. The molecule has 3 unspecified atom stereocenters. The number of carbonyl (C=O) groups is 1. The first-order valence-corrected chi connectivity index (χ1v) is 9.65. The molecule has 0 radical (unpaired) electrons. The maximum Gasteiger partial charge on any atom is 0.410 e. The summed E-state index contributed by atoms with van der Waals surface area (Å²) in [6.45, 7) is 10.1. The Morgan fingerprint density at radius 1 is 1.17 bits per heavy atom. The number of carbonyl (C=O) groups excluding carboxylic acids is 1. The van der Waals surface area contributed by atoms with Crippen molar-refractivity contribution in [2.24, 2.45) is 5.92 Å². The van der Waals surface area contributed by atoms with Crippen molar-refractivity contribution >= 4 is 6.09 Å². The van der Waals surface area contributed by atoms with Crippen LogP contribution in [0, 0.1) is 5.92 Å². The Hall–Kier alpha value is -0.770. The lowest BCUT2D eigenvalue weighted by Gasteiger charge is -2.40. The fraction of sp³-hybridized carbons (Fsp3) is 0.947. The van der Waals surface area contributed by atoms with Gasteiger partial charge in [0.25, 0.3) is 0 Å². The highest BCUT2D eigenvalue weighted by atomic mass is 16.6. The van der Waals surface area contributed by atoms with E-state index in [-0.39, 0.29) is 6.09 Å². The minimum Gasteiger partial charge on any atom is -0.444 e. The predicted molar refractivity (Wildman–Crippen MR) is 94.6 cm³/mol. The van der Waals surface area contributed by atoms with Crippen LogP contribution in [0.15, 0.2) is 0 Å². The number of likely N-dealkylation sites (tertiary alicyclic amines) is 1. The van der Waals surface area contributed by atoms with Gasteiger partial charge in [0.15, 0.2) is 0 Å². The molecule has 2 rings (SSSR count). The molecule has 0 aromatic rings. The first kappa shape index (κ1) is 18.6. The van der Waals surface area contributed by atoms with Crippen molar-refractivity contribution in [3.8, 4) is 0 Å². The summed E-state index contributed by atoms with van der Waals surface area (Å²) in [6, 6.07) is 0.938. The van der Waals surface area contributed by atoms with Gasteiger partial charge in [0.1, 0.15) is 5.60 Å². The maximum absolute atomic E-state index is 12.6. The number of unbranched alkanes of at least 4 members (excludes halogenated alkanes) is 1. The maximum atomic E-state index is 12.6. The molecule has 1 N–H and O–H groups in total. The van der Waals surface area contributed by atoms with Crippen LogP contribution in [0.5, 0.6) is 0 Å². The second-order valence-electron chi connectivity index (χ2n) is 8.25. The number of amides is 1. The zero-order valence-electron chi connectivity index (χ0n) is 15.6. The largest absolute Gasteiger partial charge is 0.444 e. The molecule has 1 heterocycles. The van der Waals surface area contributed by atoms with Crippen LogP contribution in [0.2, 0.25) is 0 Å². The summed E-state index contributed by atoms with van der Waals surface area (Å²) >= 11 is 0. The summed E-state index contributed by atoms with van der Waals surface area (Å²) in [5.74, 6) is 0.593. The Balaban J connectivity index is 1.99. The first-order valence-electron chi connectivity index (χ1n) is 9.65. The number of nitrogens with one attached hydrogen (secondary N) is 1. The Morgan fingerprint density at radius 2 is 1.91 bits per heavy atom. The van der Waals surface area contributed by atoms with Crippen LogP contribution >= 0.6 is 0 Å². The van der Waals surface area contributed by atoms with Gasteiger partial charge in [-0.3, -0.25) is 0 Å². The van der Waals surface area contributed by atoms with E-state index in [2.05, 4.69) is 12.2 Å². The van der Waals surface area contributed by atoms with Crippen molar-refractivity contribution in [1.82, 2.24) is 10.2 Å². The van der Waals surface area contributed by atoms with Gasteiger partial charge in [-0.15, -0.1) is 0 Å². The summed E-state index contributed by atoms with van der Waals surface area (Å²) in [5, 5.41) is 3.78.